The van der Waals surface area contributed by atoms with Gasteiger partial charge in [-0.05, 0) is 39.5 Å². The smallest absolute Gasteiger partial charge is 0.248 e. The summed E-state index contributed by atoms with van der Waals surface area (Å²) in [6, 6.07) is 0.474. The van der Waals surface area contributed by atoms with E-state index in [1.165, 1.54) is 6.42 Å². The summed E-state index contributed by atoms with van der Waals surface area (Å²) in [5.41, 5.74) is 0. The first-order valence-corrected chi connectivity index (χ1v) is 7.24. The first-order chi connectivity index (χ1) is 7.65. The van der Waals surface area contributed by atoms with Crippen molar-refractivity contribution in [2.24, 2.45) is 0 Å². The van der Waals surface area contributed by atoms with Crippen molar-refractivity contribution < 1.29 is 9.53 Å². The van der Waals surface area contributed by atoms with Crippen LogP contribution < -0.4 is 0 Å². The summed E-state index contributed by atoms with van der Waals surface area (Å²) in [5.74, 6) is 0.152. The second-order valence-corrected chi connectivity index (χ2v) is 5.37. The minimum atomic E-state index is 0.128. The molecule has 0 aromatic carbocycles. The Hall–Kier alpha value is -0.0900. The van der Waals surface area contributed by atoms with Crippen LogP contribution in [0.3, 0.4) is 0 Å². The zero-order valence-electron chi connectivity index (χ0n) is 10.2. The molecule has 16 heavy (non-hydrogen) atoms. The molecule has 1 amide bonds. The van der Waals surface area contributed by atoms with Crippen LogP contribution in [0.25, 0.3) is 0 Å². The van der Waals surface area contributed by atoms with Crippen molar-refractivity contribution in [1.29, 1.82) is 0 Å². The van der Waals surface area contributed by atoms with E-state index in [2.05, 4.69) is 15.9 Å². The van der Waals surface area contributed by atoms with Crippen LogP contribution in [0, 0.1) is 0 Å². The molecule has 4 heteroatoms. The number of alkyl halides is 1. The van der Waals surface area contributed by atoms with Crippen LogP contribution >= 0.6 is 15.9 Å². The van der Waals surface area contributed by atoms with Gasteiger partial charge < -0.3 is 9.64 Å². The molecule has 1 saturated carbocycles. The topological polar surface area (TPSA) is 29.5 Å². The first-order valence-electron chi connectivity index (χ1n) is 6.12. The van der Waals surface area contributed by atoms with Crippen molar-refractivity contribution in [1.82, 2.24) is 4.90 Å². The SMILES string of the molecule is CC(C)OCC(=O)N(CCCBr)C1CCC1. The van der Waals surface area contributed by atoms with Gasteiger partial charge in [-0.25, -0.2) is 0 Å². The van der Waals surface area contributed by atoms with E-state index in [0.29, 0.717) is 6.04 Å². The lowest BCUT2D eigenvalue weighted by Gasteiger charge is -2.37. The molecule has 0 aromatic heterocycles. The molecule has 0 aromatic rings. The number of amides is 1. The molecular formula is C12H22BrNO2. The lowest BCUT2D eigenvalue weighted by Crippen LogP contribution is -2.46. The third-order valence-corrected chi connectivity index (χ3v) is 3.47. The molecule has 1 fully saturated rings. The second kappa shape index (κ2) is 7.28. The molecule has 0 atom stereocenters. The maximum Gasteiger partial charge on any atom is 0.248 e. The zero-order chi connectivity index (χ0) is 12.0. The Balaban J connectivity index is 2.37. The van der Waals surface area contributed by atoms with Crippen molar-refractivity contribution in [3.05, 3.63) is 0 Å². The Morgan fingerprint density at radius 1 is 1.50 bits per heavy atom. The van der Waals surface area contributed by atoms with E-state index in [4.69, 9.17) is 4.74 Å². The van der Waals surface area contributed by atoms with Crippen molar-refractivity contribution in [3.63, 3.8) is 0 Å². The molecule has 1 aliphatic carbocycles. The fourth-order valence-corrected chi connectivity index (χ4v) is 2.01. The van der Waals surface area contributed by atoms with Gasteiger partial charge in [0, 0.05) is 17.9 Å². The molecule has 3 nitrogen and oxygen atoms in total. The second-order valence-electron chi connectivity index (χ2n) is 4.57. The number of hydrogen-bond donors (Lipinski definition) is 0. The summed E-state index contributed by atoms with van der Waals surface area (Å²) in [4.78, 5) is 14.0. The average Bonchev–Trinajstić information content (AvgIpc) is 2.17. The highest BCUT2D eigenvalue weighted by Crippen LogP contribution is 2.25. The van der Waals surface area contributed by atoms with E-state index >= 15 is 0 Å². The van der Waals surface area contributed by atoms with Crippen molar-refractivity contribution in [3.8, 4) is 0 Å². The number of carbonyl (C=O) groups excluding carboxylic acids is 1. The van der Waals surface area contributed by atoms with Crippen molar-refractivity contribution >= 4 is 21.8 Å². The van der Waals surface area contributed by atoms with Gasteiger partial charge in [0.05, 0.1) is 6.10 Å². The maximum absolute atomic E-state index is 12.0. The molecule has 0 aliphatic heterocycles. The minimum absolute atomic E-state index is 0.128. The number of hydrogen-bond acceptors (Lipinski definition) is 2. The summed E-state index contributed by atoms with van der Waals surface area (Å²) in [6.45, 7) is 5.01. The predicted octanol–water partition coefficient (Wildman–Crippen LogP) is 2.58. The Kier molecular flexibility index (Phi) is 6.36. The van der Waals surface area contributed by atoms with Gasteiger partial charge in [0.15, 0.2) is 0 Å². The summed E-state index contributed by atoms with van der Waals surface area (Å²) in [6.07, 6.45) is 4.73. The summed E-state index contributed by atoms with van der Waals surface area (Å²) in [7, 11) is 0. The molecule has 0 spiro atoms. The molecule has 0 heterocycles. The highest BCUT2D eigenvalue weighted by molar-refractivity contribution is 9.09. The quantitative estimate of drug-likeness (QED) is 0.675. The summed E-state index contributed by atoms with van der Waals surface area (Å²) >= 11 is 3.41. The molecular weight excluding hydrogens is 270 g/mol. The molecule has 94 valence electrons. The summed E-state index contributed by atoms with van der Waals surface area (Å²) in [5, 5.41) is 0.953. The molecule has 1 rings (SSSR count). The van der Waals surface area contributed by atoms with E-state index in [-0.39, 0.29) is 18.6 Å². The van der Waals surface area contributed by atoms with Crippen molar-refractivity contribution in [2.45, 2.75) is 51.7 Å². The molecule has 1 aliphatic rings. The minimum Gasteiger partial charge on any atom is -0.369 e. The zero-order valence-corrected chi connectivity index (χ0v) is 11.8. The largest absolute Gasteiger partial charge is 0.369 e. The molecule has 0 N–H and O–H groups in total. The van der Waals surface area contributed by atoms with Crippen LogP contribution in [0.4, 0.5) is 0 Å². The Morgan fingerprint density at radius 3 is 2.62 bits per heavy atom. The van der Waals surface area contributed by atoms with Gasteiger partial charge in [0.2, 0.25) is 5.91 Å². The Morgan fingerprint density at radius 2 is 2.19 bits per heavy atom. The normalized spacial score (nSPS) is 16.2. The lowest BCUT2D eigenvalue weighted by atomic mass is 9.91. The highest BCUT2D eigenvalue weighted by atomic mass is 79.9. The van der Waals surface area contributed by atoms with Gasteiger partial charge in [-0.15, -0.1) is 0 Å². The van der Waals surface area contributed by atoms with E-state index in [0.717, 1.165) is 31.1 Å². The number of rotatable bonds is 7. The van der Waals surface area contributed by atoms with E-state index in [1.54, 1.807) is 0 Å². The standard InChI is InChI=1S/C12H22BrNO2/c1-10(2)16-9-12(15)14(8-4-7-13)11-5-3-6-11/h10-11H,3-9H2,1-2H3. The third-order valence-electron chi connectivity index (χ3n) is 2.91. The van der Waals surface area contributed by atoms with Gasteiger partial charge >= 0.3 is 0 Å². The van der Waals surface area contributed by atoms with Gasteiger partial charge in [-0.2, -0.15) is 0 Å². The van der Waals surface area contributed by atoms with E-state index < -0.39 is 0 Å². The van der Waals surface area contributed by atoms with Crippen molar-refractivity contribution in [2.75, 3.05) is 18.5 Å². The number of ether oxygens (including phenoxy) is 1. The van der Waals surface area contributed by atoms with Gasteiger partial charge in [0.25, 0.3) is 0 Å². The molecule has 0 bridgehead atoms. The molecule has 0 radical (unpaired) electrons. The number of nitrogens with zero attached hydrogens (tertiary/aromatic N) is 1. The van der Waals surface area contributed by atoms with Crippen LogP contribution in [0.15, 0.2) is 0 Å². The molecule has 0 unspecified atom stereocenters. The number of carbonyl (C=O) groups is 1. The van der Waals surface area contributed by atoms with E-state index in [1.807, 2.05) is 18.7 Å². The Labute approximate surface area is 107 Å². The third kappa shape index (κ3) is 4.42. The fourth-order valence-electron chi connectivity index (χ4n) is 1.76. The summed E-state index contributed by atoms with van der Waals surface area (Å²) < 4.78 is 5.38. The van der Waals surface area contributed by atoms with Crippen LogP contribution in [0.1, 0.15) is 39.5 Å². The monoisotopic (exact) mass is 291 g/mol. The fraction of sp³-hybridized carbons (Fsp3) is 0.917. The van der Waals surface area contributed by atoms with Crippen LogP contribution in [-0.2, 0) is 9.53 Å². The van der Waals surface area contributed by atoms with Crippen LogP contribution in [0.5, 0.6) is 0 Å². The molecule has 0 saturated heterocycles. The maximum atomic E-state index is 12.0. The highest BCUT2D eigenvalue weighted by Gasteiger charge is 2.28. The predicted molar refractivity (Wildman–Crippen MR) is 68.9 cm³/mol. The lowest BCUT2D eigenvalue weighted by molar-refractivity contribution is -0.141. The average molecular weight is 292 g/mol. The number of halogens is 1. The Bertz CT molecular complexity index is 217. The first kappa shape index (κ1) is 14.0. The van der Waals surface area contributed by atoms with Gasteiger partial charge in [0.1, 0.15) is 6.61 Å². The van der Waals surface area contributed by atoms with Crippen LogP contribution in [0.2, 0.25) is 0 Å². The van der Waals surface area contributed by atoms with E-state index in [9.17, 15) is 4.79 Å². The van der Waals surface area contributed by atoms with Gasteiger partial charge in [-0.3, -0.25) is 4.79 Å². The van der Waals surface area contributed by atoms with Crippen LogP contribution in [-0.4, -0.2) is 41.4 Å². The van der Waals surface area contributed by atoms with Gasteiger partial charge in [-0.1, -0.05) is 15.9 Å².